The second-order valence-electron chi connectivity index (χ2n) is 4.61. The van der Waals surface area contributed by atoms with Gasteiger partial charge in [-0.15, -0.1) is 0 Å². The third-order valence-corrected chi connectivity index (χ3v) is 4.82. The van der Waals surface area contributed by atoms with E-state index in [0.717, 1.165) is 5.56 Å². The summed E-state index contributed by atoms with van der Waals surface area (Å²) >= 11 is 5.81. The first kappa shape index (κ1) is 20.9. The molecule has 2 rings (SSSR count). The van der Waals surface area contributed by atoms with Gasteiger partial charge in [-0.25, -0.2) is 13.2 Å². The molecule has 0 fully saturated rings. The largest absolute Gasteiger partial charge is 0.490 e. The lowest BCUT2D eigenvalue weighted by Gasteiger charge is -2.05. The third-order valence-electron chi connectivity index (χ3n) is 2.82. The summed E-state index contributed by atoms with van der Waals surface area (Å²) in [5.41, 5.74) is 6.36. The van der Waals surface area contributed by atoms with Gasteiger partial charge >= 0.3 is 12.1 Å². The molecule has 0 aliphatic heterocycles. The third kappa shape index (κ3) is 6.04. The van der Waals surface area contributed by atoms with Gasteiger partial charge in [0, 0.05) is 11.6 Å². The number of nitrogens with two attached hydrogens (primary N) is 1. The molecule has 25 heavy (non-hydrogen) atoms. The number of hydrogen-bond acceptors (Lipinski definition) is 4. The van der Waals surface area contributed by atoms with Crippen LogP contribution < -0.4 is 5.73 Å². The Morgan fingerprint density at radius 2 is 1.60 bits per heavy atom. The Kier molecular flexibility index (Phi) is 6.97. The van der Waals surface area contributed by atoms with Gasteiger partial charge in [-0.2, -0.15) is 13.2 Å². The summed E-state index contributed by atoms with van der Waals surface area (Å²) in [6, 6.07) is 12.7. The first-order valence-corrected chi connectivity index (χ1v) is 8.44. The minimum Gasteiger partial charge on any atom is -0.475 e. The topological polar surface area (TPSA) is 97.5 Å². The van der Waals surface area contributed by atoms with Gasteiger partial charge in [0.2, 0.25) is 9.84 Å². The van der Waals surface area contributed by atoms with Crippen LogP contribution in [0.3, 0.4) is 0 Å². The molecule has 0 unspecified atom stereocenters. The number of halogens is 4. The number of carbonyl (C=O) groups is 1. The van der Waals surface area contributed by atoms with E-state index in [1.165, 1.54) is 12.1 Å². The van der Waals surface area contributed by atoms with Gasteiger partial charge < -0.3 is 10.8 Å². The van der Waals surface area contributed by atoms with Crippen molar-refractivity contribution in [2.45, 2.75) is 22.5 Å². The molecule has 0 radical (unpaired) electrons. The maximum atomic E-state index is 12.3. The number of sulfone groups is 1. The number of aliphatic carboxylic acids is 1. The van der Waals surface area contributed by atoms with Crippen LogP contribution in [-0.2, 0) is 21.2 Å². The number of rotatable bonds is 3. The van der Waals surface area contributed by atoms with Crippen molar-refractivity contribution >= 4 is 27.4 Å². The van der Waals surface area contributed by atoms with Gasteiger partial charge in [0.25, 0.3) is 0 Å². The van der Waals surface area contributed by atoms with Crippen LogP contribution in [0.25, 0.3) is 0 Å². The summed E-state index contributed by atoms with van der Waals surface area (Å²) in [6.45, 7) is 0.386. The van der Waals surface area contributed by atoms with Crippen LogP contribution in [0.2, 0.25) is 5.02 Å². The van der Waals surface area contributed by atoms with Gasteiger partial charge in [-0.05, 0) is 35.9 Å². The van der Waals surface area contributed by atoms with E-state index in [1.807, 2.05) is 0 Å². The fourth-order valence-corrected chi connectivity index (χ4v) is 3.14. The van der Waals surface area contributed by atoms with Crippen molar-refractivity contribution in [2.24, 2.45) is 5.73 Å². The highest BCUT2D eigenvalue weighted by Crippen LogP contribution is 2.23. The highest BCUT2D eigenvalue weighted by atomic mass is 35.5. The molecule has 0 aliphatic rings. The van der Waals surface area contributed by atoms with Gasteiger partial charge in [-0.3, -0.25) is 0 Å². The molecule has 0 amide bonds. The van der Waals surface area contributed by atoms with E-state index < -0.39 is 22.0 Å². The lowest BCUT2D eigenvalue weighted by atomic mass is 10.2. The van der Waals surface area contributed by atoms with Gasteiger partial charge in [0.05, 0.1) is 9.79 Å². The predicted octanol–water partition coefficient (Wildman–Crippen LogP) is 3.26. The number of hydrogen-bond donors (Lipinski definition) is 2. The van der Waals surface area contributed by atoms with Crippen LogP contribution in [0, 0.1) is 0 Å². The van der Waals surface area contributed by atoms with Crippen LogP contribution in [0.1, 0.15) is 5.56 Å². The molecule has 0 aromatic heterocycles. The molecular formula is C15H13ClF3NO4S. The lowest BCUT2D eigenvalue weighted by Crippen LogP contribution is -2.21. The average molecular weight is 396 g/mol. The predicted molar refractivity (Wildman–Crippen MR) is 84.9 cm³/mol. The SMILES string of the molecule is NCc1ccc(S(=O)(=O)c2cccc(Cl)c2)cc1.O=C(O)C(F)(F)F. The Balaban J connectivity index is 0.000000381. The zero-order valence-corrected chi connectivity index (χ0v) is 14.1. The van der Waals surface area contributed by atoms with Crippen molar-refractivity contribution in [3.63, 3.8) is 0 Å². The van der Waals surface area contributed by atoms with Crippen molar-refractivity contribution < 1.29 is 31.5 Å². The molecule has 0 bridgehead atoms. The Morgan fingerprint density at radius 3 is 2.00 bits per heavy atom. The molecule has 0 spiro atoms. The fourth-order valence-electron chi connectivity index (χ4n) is 1.57. The smallest absolute Gasteiger partial charge is 0.475 e. The summed E-state index contributed by atoms with van der Waals surface area (Å²) in [6.07, 6.45) is -5.08. The Bertz CT molecular complexity index is 837. The summed E-state index contributed by atoms with van der Waals surface area (Å²) in [5, 5.41) is 7.52. The van der Waals surface area contributed by atoms with Crippen molar-refractivity contribution in [3.05, 3.63) is 59.1 Å². The Labute approximate surface area is 146 Å². The number of alkyl halides is 3. The van der Waals surface area contributed by atoms with E-state index in [4.69, 9.17) is 27.2 Å². The van der Waals surface area contributed by atoms with Gasteiger partial charge in [-0.1, -0.05) is 29.8 Å². The Morgan fingerprint density at radius 1 is 1.08 bits per heavy atom. The summed E-state index contributed by atoms with van der Waals surface area (Å²) < 4.78 is 56.3. The number of carboxylic acid groups (broad SMARTS) is 1. The molecule has 0 saturated carbocycles. The van der Waals surface area contributed by atoms with E-state index >= 15 is 0 Å². The molecule has 3 N–H and O–H groups in total. The zero-order chi connectivity index (χ0) is 19.3. The van der Waals surface area contributed by atoms with Crippen molar-refractivity contribution in [2.75, 3.05) is 0 Å². The zero-order valence-electron chi connectivity index (χ0n) is 12.5. The minimum absolute atomic E-state index is 0.190. The maximum absolute atomic E-state index is 12.3. The van der Waals surface area contributed by atoms with Crippen LogP contribution in [0.15, 0.2) is 58.3 Å². The minimum atomic E-state index is -5.08. The molecule has 10 heteroatoms. The molecule has 2 aromatic carbocycles. The second-order valence-corrected chi connectivity index (χ2v) is 7.00. The molecular weight excluding hydrogens is 383 g/mol. The maximum Gasteiger partial charge on any atom is 0.490 e. The first-order chi connectivity index (χ1) is 11.5. The van der Waals surface area contributed by atoms with Gasteiger partial charge in [0.15, 0.2) is 0 Å². The van der Waals surface area contributed by atoms with E-state index in [2.05, 4.69) is 0 Å². The number of carboxylic acids is 1. The molecule has 0 atom stereocenters. The van der Waals surface area contributed by atoms with Crippen LogP contribution in [-0.4, -0.2) is 25.7 Å². The molecule has 5 nitrogen and oxygen atoms in total. The van der Waals surface area contributed by atoms with Crippen molar-refractivity contribution in [1.29, 1.82) is 0 Å². The highest BCUT2D eigenvalue weighted by Gasteiger charge is 2.38. The summed E-state index contributed by atoms with van der Waals surface area (Å²) in [4.78, 5) is 9.32. The lowest BCUT2D eigenvalue weighted by molar-refractivity contribution is -0.192. The molecule has 2 aromatic rings. The first-order valence-electron chi connectivity index (χ1n) is 6.58. The Hall–Kier alpha value is -2.10. The standard InChI is InChI=1S/C13H12ClNO2S.C2HF3O2/c14-11-2-1-3-13(8-11)18(16,17)12-6-4-10(9-15)5-7-12;3-2(4,5)1(6)7/h1-8H,9,15H2;(H,6,7). The normalized spacial score (nSPS) is 11.4. The van der Waals surface area contributed by atoms with Crippen LogP contribution >= 0.6 is 11.6 Å². The summed E-state index contributed by atoms with van der Waals surface area (Å²) in [7, 11) is -3.51. The quantitative estimate of drug-likeness (QED) is 0.831. The van der Waals surface area contributed by atoms with E-state index in [9.17, 15) is 21.6 Å². The molecule has 0 heterocycles. The van der Waals surface area contributed by atoms with Crippen LogP contribution in [0.4, 0.5) is 13.2 Å². The van der Waals surface area contributed by atoms with E-state index in [-0.39, 0.29) is 9.79 Å². The monoisotopic (exact) mass is 395 g/mol. The van der Waals surface area contributed by atoms with E-state index in [1.54, 1.807) is 36.4 Å². The number of benzene rings is 2. The van der Waals surface area contributed by atoms with Crippen molar-refractivity contribution in [3.8, 4) is 0 Å². The second kappa shape index (κ2) is 8.32. The fraction of sp³-hybridized carbons (Fsp3) is 0.133. The van der Waals surface area contributed by atoms with Crippen molar-refractivity contribution in [1.82, 2.24) is 0 Å². The molecule has 0 saturated heterocycles. The molecule has 0 aliphatic carbocycles. The highest BCUT2D eigenvalue weighted by molar-refractivity contribution is 7.91. The summed E-state index contributed by atoms with van der Waals surface area (Å²) in [5.74, 6) is -2.76. The average Bonchev–Trinajstić information content (AvgIpc) is 2.54. The van der Waals surface area contributed by atoms with Crippen LogP contribution in [0.5, 0.6) is 0 Å². The van der Waals surface area contributed by atoms with E-state index in [0.29, 0.717) is 11.6 Å². The van der Waals surface area contributed by atoms with Gasteiger partial charge in [0.1, 0.15) is 0 Å². The molecule has 136 valence electrons.